The summed E-state index contributed by atoms with van der Waals surface area (Å²) in [6, 6.07) is 0. The lowest BCUT2D eigenvalue weighted by molar-refractivity contribution is 0.218. The molecule has 0 radical (unpaired) electrons. The lowest BCUT2D eigenvalue weighted by Crippen LogP contribution is -2.42. The zero-order chi connectivity index (χ0) is 16.1. The SMILES string of the molecule is CC(C)O[Si](C)(C)C(C)(C)C.CC(C)O[Si](C)(Cl)Cl. The minimum absolute atomic E-state index is 0.140. The Labute approximate surface area is 131 Å². The summed E-state index contributed by atoms with van der Waals surface area (Å²) >= 11 is 11.2. The van der Waals surface area contributed by atoms with Crippen LogP contribution in [0.1, 0.15) is 48.5 Å². The maximum absolute atomic E-state index is 5.94. The van der Waals surface area contributed by atoms with E-state index >= 15 is 0 Å². The fourth-order valence-electron chi connectivity index (χ4n) is 1.18. The highest BCUT2D eigenvalue weighted by Crippen LogP contribution is 2.37. The first kappa shape index (κ1) is 22.2. The molecule has 0 unspecified atom stereocenters. The molecule has 0 aromatic carbocycles. The van der Waals surface area contributed by atoms with E-state index in [1.54, 1.807) is 6.55 Å². The minimum Gasteiger partial charge on any atom is -0.415 e. The highest BCUT2D eigenvalue weighted by atomic mass is 35.7. The molecule has 0 heterocycles. The highest BCUT2D eigenvalue weighted by molar-refractivity contribution is 7.41. The van der Waals surface area contributed by atoms with E-state index in [1.807, 2.05) is 13.8 Å². The smallest absolute Gasteiger partial charge is 0.386 e. The molecule has 19 heavy (non-hydrogen) atoms. The van der Waals surface area contributed by atoms with Crippen LogP contribution in [0.5, 0.6) is 0 Å². The fourth-order valence-corrected chi connectivity index (χ4v) is 4.61. The normalized spacial score (nSPS) is 13.6. The predicted molar refractivity (Wildman–Crippen MR) is 93.0 cm³/mol. The Bertz CT molecular complexity index is 244. The summed E-state index contributed by atoms with van der Waals surface area (Å²) in [5.74, 6) is 0. The lowest BCUT2D eigenvalue weighted by atomic mass is 10.2. The van der Waals surface area contributed by atoms with Crippen molar-refractivity contribution >= 4 is 37.4 Å². The topological polar surface area (TPSA) is 18.5 Å². The van der Waals surface area contributed by atoms with Gasteiger partial charge in [0, 0.05) is 12.2 Å². The van der Waals surface area contributed by atoms with Gasteiger partial charge in [-0.3, -0.25) is 0 Å². The second kappa shape index (κ2) is 8.39. The van der Waals surface area contributed by atoms with Gasteiger partial charge in [0.2, 0.25) is 0 Å². The Morgan fingerprint density at radius 3 is 1.16 bits per heavy atom. The summed E-state index contributed by atoms with van der Waals surface area (Å²) in [6.45, 7) is 18.9. The molecule has 0 aliphatic heterocycles. The van der Waals surface area contributed by atoms with Crippen LogP contribution >= 0.6 is 22.2 Å². The number of halogens is 2. The second-order valence-electron chi connectivity index (χ2n) is 6.90. The molecule has 0 aliphatic rings. The Kier molecular flexibility index (Phi) is 9.82. The van der Waals surface area contributed by atoms with Crippen LogP contribution in [0.4, 0.5) is 0 Å². The molecule has 6 heteroatoms. The Hall–Kier alpha value is 0.934. The van der Waals surface area contributed by atoms with Gasteiger partial charge in [-0.1, -0.05) is 20.8 Å². The third-order valence-corrected chi connectivity index (χ3v) is 8.87. The van der Waals surface area contributed by atoms with Crippen molar-refractivity contribution in [3.63, 3.8) is 0 Å². The van der Waals surface area contributed by atoms with Crippen LogP contribution in [-0.4, -0.2) is 27.5 Å². The van der Waals surface area contributed by atoms with Crippen molar-refractivity contribution in [2.45, 2.75) is 85.4 Å². The van der Waals surface area contributed by atoms with Crippen LogP contribution in [0.15, 0.2) is 0 Å². The monoisotopic (exact) mass is 346 g/mol. The summed E-state index contributed by atoms with van der Waals surface area (Å²) in [4.78, 5) is 0. The second-order valence-corrected chi connectivity index (χ2v) is 18.4. The predicted octanol–water partition coefficient (Wildman–Crippen LogP) is 5.87. The third-order valence-electron chi connectivity index (χ3n) is 2.78. The van der Waals surface area contributed by atoms with Gasteiger partial charge >= 0.3 is 6.94 Å². The molecular weight excluding hydrogens is 315 g/mol. The van der Waals surface area contributed by atoms with Gasteiger partial charge in [0.15, 0.2) is 8.32 Å². The Morgan fingerprint density at radius 1 is 0.789 bits per heavy atom. The van der Waals surface area contributed by atoms with Crippen molar-refractivity contribution in [3.05, 3.63) is 0 Å². The first-order valence-corrected chi connectivity index (χ1v) is 14.2. The van der Waals surface area contributed by atoms with Crippen molar-refractivity contribution in [2.75, 3.05) is 0 Å². The zero-order valence-electron chi connectivity index (χ0n) is 14.2. The van der Waals surface area contributed by atoms with E-state index in [0.29, 0.717) is 11.1 Å². The molecule has 0 fully saturated rings. The third kappa shape index (κ3) is 13.7. The molecule has 118 valence electrons. The maximum Gasteiger partial charge on any atom is 0.386 e. The van der Waals surface area contributed by atoms with E-state index in [9.17, 15) is 0 Å². The summed E-state index contributed by atoms with van der Waals surface area (Å²) in [5.41, 5.74) is 0. The molecule has 0 aromatic heterocycles. The quantitative estimate of drug-likeness (QED) is 0.467. The maximum atomic E-state index is 5.94. The van der Waals surface area contributed by atoms with E-state index < -0.39 is 15.3 Å². The molecule has 0 saturated heterocycles. The van der Waals surface area contributed by atoms with Gasteiger partial charge < -0.3 is 8.85 Å². The van der Waals surface area contributed by atoms with Crippen LogP contribution in [-0.2, 0) is 8.85 Å². The van der Waals surface area contributed by atoms with E-state index in [0.717, 1.165) is 0 Å². The molecule has 0 N–H and O–H groups in total. The van der Waals surface area contributed by atoms with Crippen molar-refractivity contribution in [2.24, 2.45) is 0 Å². The molecule has 0 amide bonds. The largest absolute Gasteiger partial charge is 0.415 e. The fraction of sp³-hybridized carbons (Fsp3) is 1.00. The van der Waals surface area contributed by atoms with Gasteiger partial charge in [-0.25, -0.2) is 0 Å². The van der Waals surface area contributed by atoms with Crippen molar-refractivity contribution in [3.8, 4) is 0 Å². The first-order valence-electron chi connectivity index (χ1n) is 6.82. The number of rotatable bonds is 4. The van der Waals surface area contributed by atoms with Crippen LogP contribution in [0, 0.1) is 0 Å². The van der Waals surface area contributed by atoms with E-state index in [1.165, 1.54) is 0 Å². The van der Waals surface area contributed by atoms with Gasteiger partial charge in [-0.15, -0.1) is 22.2 Å². The van der Waals surface area contributed by atoms with Crippen LogP contribution in [0.3, 0.4) is 0 Å². The summed E-state index contributed by atoms with van der Waals surface area (Å²) in [7, 11) is -1.47. The van der Waals surface area contributed by atoms with Gasteiger partial charge in [0.05, 0.1) is 0 Å². The summed E-state index contributed by atoms with van der Waals surface area (Å²) in [6.07, 6.45) is 0.512. The molecule has 0 aromatic rings. The first-order chi connectivity index (χ1) is 8.08. The molecule has 0 aliphatic carbocycles. The van der Waals surface area contributed by atoms with Crippen LogP contribution < -0.4 is 0 Å². The Morgan fingerprint density at radius 2 is 1.11 bits per heavy atom. The van der Waals surface area contributed by atoms with Crippen molar-refractivity contribution in [1.29, 1.82) is 0 Å². The highest BCUT2D eigenvalue weighted by Gasteiger charge is 2.37. The average molecular weight is 347 g/mol. The lowest BCUT2D eigenvalue weighted by Gasteiger charge is -2.37. The average Bonchev–Trinajstić information content (AvgIpc) is 1.93. The molecule has 0 bridgehead atoms. The summed E-state index contributed by atoms with van der Waals surface area (Å²) in [5, 5.41) is 0.345. The molecule has 0 saturated carbocycles. The molecule has 0 atom stereocenters. The molecule has 0 rings (SSSR count). The Balaban J connectivity index is 0. The zero-order valence-corrected chi connectivity index (χ0v) is 17.7. The van der Waals surface area contributed by atoms with E-state index in [2.05, 4.69) is 47.7 Å². The van der Waals surface area contributed by atoms with Crippen LogP contribution in [0.2, 0.25) is 24.7 Å². The van der Waals surface area contributed by atoms with E-state index in [4.69, 9.17) is 31.0 Å². The van der Waals surface area contributed by atoms with Gasteiger partial charge in [0.1, 0.15) is 0 Å². The van der Waals surface area contributed by atoms with Gasteiger partial charge in [-0.05, 0) is 52.4 Å². The number of hydrogen-bond acceptors (Lipinski definition) is 2. The molecule has 2 nitrogen and oxygen atoms in total. The molecular formula is C13H32Cl2O2Si2. The molecule has 0 spiro atoms. The summed E-state index contributed by atoms with van der Waals surface area (Å²) < 4.78 is 11.0. The van der Waals surface area contributed by atoms with Crippen LogP contribution in [0.25, 0.3) is 0 Å². The standard InChI is InChI=1S/C9H22OSi.C4H10Cl2OSi/c1-8(2)10-11(6,7)9(3,4)5;1-4(2)7-8(3,5)6/h8H,1-7H3;4H,1-3H3. The van der Waals surface area contributed by atoms with Crippen molar-refractivity contribution < 1.29 is 8.85 Å². The van der Waals surface area contributed by atoms with Gasteiger partial charge in [0.25, 0.3) is 0 Å². The van der Waals surface area contributed by atoms with Gasteiger partial charge in [-0.2, -0.15) is 0 Å². The van der Waals surface area contributed by atoms with Crippen molar-refractivity contribution in [1.82, 2.24) is 0 Å². The number of hydrogen-bond donors (Lipinski definition) is 0. The van der Waals surface area contributed by atoms with E-state index in [-0.39, 0.29) is 6.10 Å². The minimum atomic E-state index is -2.28.